The summed E-state index contributed by atoms with van der Waals surface area (Å²) in [5.74, 6) is 1.11. The van der Waals surface area contributed by atoms with E-state index < -0.39 is 0 Å². The standard InChI is InChI=1S/C24H27BrN2S/c25-17-11-9-16(10-12-17)24-21-8-4-7-20(21)22-15-19(13-14-23(22)26-24)28-27-18-5-2-1-3-6-18/h4,7,9-15,18,20-21,24,26-27H,1-3,5-6,8H2. The molecular weight excluding hydrogens is 428 g/mol. The molecule has 3 atom stereocenters. The maximum atomic E-state index is 3.85. The molecule has 146 valence electrons. The van der Waals surface area contributed by atoms with Gasteiger partial charge < -0.3 is 5.32 Å². The number of halogens is 1. The monoisotopic (exact) mass is 454 g/mol. The molecule has 3 aliphatic rings. The van der Waals surface area contributed by atoms with Crippen molar-refractivity contribution < 1.29 is 0 Å². The molecule has 2 aromatic rings. The first-order valence-electron chi connectivity index (χ1n) is 10.5. The number of benzene rings is 2. The highest BCUT2D eigenvalue weighted by Gasteiger charge is 2.37. The van der Waals surface area contributed by atoms with Crippen molar-refractivity contribution in [1.29, 1.82) is 0 Å². The van der Waals surface area contributed by atoms with E-state index in [1.165, 1.54) is 53.8 Å². The summed E-state index contributed by atoms with van der Waals surface area (Å²) in [6.45, 7) is 0. The van der Waals surface area contributed by atoms with Crippen molar-refractivity contribution in [2.45, 2.75) is 61.4 Å². The van der Waals surface area contributed by atoms with Gasteiger partial charge in [-0.3, -0.25) is 4.72 Å². The molecule has 0 bridgehead atoms. The minimum absolute atomic E-state index is 0.375. The second-order valence-electron chi connectivity index (χ2n) is 8.33. The van der Waals surface area contributed by atoms with Crippen LogP contribution in [0, 0.1) is 5.92 Å². The molecule has 2 nitrogen and oxygen atoms in total. The maximum absolute atomic E-state index is 3.85. The highest BCUT2D eigenvalue weighted by atomic mass is 79.9. The molecule has 2 N–H and O–H groups in total. The van der Waals surface area contributed by atoms with Crippen molar-refractivity contribution >= 4 is 33.6 Å². The van der Waals surface area contributed by atoms with Crippen LogP contribution >= 0.6 is 27.9 Å². The molecule has 5 rings (SSSR count). The Bertz CT molecular complexity index is 857. The normalized spacial score (nSPS) is 26.5. The van der Waals surface area contributed by atoms with Gasteiger partial charge in [-0.15, -0.1) is 0 Å². The highest BCUT2D eigenvalue weighted by molar-refractivity contribution is 9.10. The topological polar surface area (TPSA) is 24.1 Å². The minimum Gasteiger partial charge on any atom is -0.378 e. The van der Waals surface area contributed by atoms with Gasteiger partial charge in [-0.1, -0.05) is 59.5 Å². The summed E-state index contributed by atoms with van der Waals surface area (Å²) < 4.78 is 4.86. The molecule has 1 fully saturated rings. The Balaban J connectivity index is 1.36. The van der Waals surface area contributed by atoms with Crippen molar-refractivity contribution in [2.24, 2.45) is 5.92 Å². The minimum atomic E-state index is 0.375. The molecule has 0 radical (unpaired) electrons. The van der Waals surface area contributed by atoms with Gasteiger partial charge in [-0.25, -0.2) is 0 Å². The average Bonchev–Trinajstić information content (AvgIpc) is 3.23. The van der Waals surface area contributed by atoms with Crippen molar-refractivity contribution in [3.63, 3.8) is 0 Å². The predicted molar refractivity (Wildman–Crippen MR) is 123 cm³/mol. The van der Waals surface area contributed by atoms with Crippen LogP contribution in [0.3, 0.4) is 0 Å². The number of anilines is 1. The second kappa shape index (κ2) is 8.25. The van der Waals surface area contributed by atoms with Crippen LogP contribution in [0.4, 0.5) is 5.69 Å². The van der Waals surface area contributed by atoms with Gasteiger partial charge in [0.25, 0.3) is 0 Å². The third-order valence-electron chi connectivity index (χ3n) is 6.51. The molecule has 2 aliphatic carbocycles. The molecule has 2 aromatic carbocycles. The van der Waals surface area contributed by atoms with Gasteiger partial charge in [0.2, 0.25) is 0 Å². The molecule has 1 saturated carbocycles. The van der Waals surface area contributed by atoms with E-state index in [4.69, 9.17) is 0 Å². The summed E-state index contributed by atoms with van der Waals surface area (Å²) in [5.41, 5.74) is 4.13. The smallest absolute Gasteiger partial charge is 0.0553 e. The molecule has 1 aliphatic heterocycles. The Morgan fingerprint density at radius 2 is 1.82 bits per heavy atom. The van der Waals surface area contributed by atoms with Crippen molar-refractivity contribution in [3.8, 4) is 0 Å². The van der Waals surface area contributed by atoms with Crippen LogP contribution in [0.1, 0.15) is 61.6 Å². The van der Waals surface area contributed by atoms with Crippen molar-refractivity contribution in [3.05, 3.63) is 70.2 Å². The quantitative estimate of drug-likeness (QED) is 0.376. The van der Waals surface area contributed by atoms with Gasteiger partial charge in [-0.2, -0.15) is 0 Å². The zero-order valence-corrected chi connectivity index (χ0v) is 18.4. The number of fused-ring (bicyclic) bond motifs is 3. The lowest BCUT2D eigenvalue weighted by Gasteiger charge is -2.37. The maximum Gasteiger partial charge on any atom is 0.0553 e. The second-order valence-corrected chi connectivity index (χ2v) is 10.2. The molecule has 1 heterocycles. The first-order valence-corrected chi connectivity index (χ1v) is 12.1. The number of hydrogen-bond donors (Lipinski definition) is 2. The average molecular weight is 455 g/mol. The molecule has 0 saturated heterocycles. The fraction of sp³-hybridized carbons (Fsp3) is 0.417. The summed E-state index contributed by atoms with van der Waals surface area (Å²) in [4.78, 5) is 1.34. The summed E-state index contributed by atoms with van der Waals surface area (Å²) in [6.07, 6.45) is 12.7. The molecular formula is C24H27BrN2S. The van der Waals surface area contributed by atoms with Gasteiger partial charge in [0.05, 0.1) is 6.04 Å². The first kappa shape index (κ1) is 18.8. The SMILES string of the molecule is Brc1ccc(C2Nc3ccc(SNC4CCCCC4)cc3C3C=CCC32)cc1. The summed E-state index contributed by atoms with van der Waals surface area (Å²) in [7, 11) is 0. The number of hydrogen-bond acceptors (Lipinski definition) is 3. The van der Waals surface area contributed by atoms with E-state index in [-0.39, 0.29) is 0 Å². The van der Waals surface area contributed by atoms with E-state index in [0.29, 0.717) is 23.9 Å². The lowest BCUT2D eigenvalue weighted by atomic mass is 9.77. The van der Waals surface area contributed by atoms with Crippen LogP contribution in [0.25, 0.3) is 0 Å². The van der Waals surface area contributed by atoms with Crippen LogP contribution in [-0.2, 0) is 0 Å². The fourth-order valence-corrected chi connectivity index (χ4v) is 6.13. The largest absolute Gasteiger partial charge is 0.378 e. The lowest BCUT2D eigenvalue weighted by molar-refractivity contribution is 0.423. The van der Waals surface area contributed by atoms with E-state index in [1.807, 2.05) is 11.9 Å². The fourth-order valence-electron chi connectivity index (χ4n) is 5.01. The van der Waals surface area contributed by atoms with Crippen LogP contribution in [-0.4, -0.2) is 6.04 Å². The molecule has 28 heavy (non-hydrogen) atoms. The van der Waals surface area contributed by atoms with Crippen LogP contribution in [0.2, 0.25) is 0 Å². The number of nitrogens with one attached hydrogen (secondary N) is 2. The summed E-state index contributed by atoms with van der Waals surface area (Å²) >= 11 is 5.39. The Labute approximate surface area is 180 Å². The summed E-state index contributed by atoms with van der Waals surface area (Å²) in [6, 6.07) is 16.8. The van der Waals surface area contributed by atoms with E-state index in [1.54, 1.807) is 0 Å². The Morgan fingerprint density at radius 3 is 2.64 bits per heavy atom. The van der Waals surface area contributed by atoms with Gasteiger partial charge in [0, 0.05) is 27.0 Å². The molecule has 3 unspecified atom stereocenters. The zero-order valence-electron chi connectivity index (χ0n) is 16.0. The zero-order chi connectivity index (χ0) is 18.9. The van der Waals surface area contributed by atoms with Crippen LogP contribution < -0.4 is 10.0 Å². The Morgan fingerprint density at radius 1 is 1.00 bits per heavy atom. The predicted octanol–water partition coefficient (Wildman–Crippen LogP) is 7.21. The molecule has 4 heteroatoms. The lowest BCUT2D eigenvalue weighted by Crippen LogP contribution is -2.29. The highest BCUT2D eigenvalue weighted by Crippen LogP contribution is 2.50. The number of allylic oxidation sites excluding steroid dienone is 2. The summed E-state index contributed by atoms with van der Waals surface area (Å²) in [5, 5.41) is 3.85. The van der Waals surface area contributed by atoms with E-state index in [0.717, 1.165) is 10.9 Å². The van der Waals surface area contributed by atoms with Crippen molar-refractivity contribution in [1.82, 2.24) is 4.72 Å². The van der Waals surface area contributed by atoms with E-state index in [2.05, 4.69) is 80.6 Å². The van der Waals surface area contributed by atoms with Crippen LogP contribution in [0.5, 0.6) is 0 Å². The molecule has 0 aromatic heterocycles. The first-order chi connectivity index (χ1) is 13.8. The molecule has 0 amide bonds. The van der Waals surface area contributed by atoms with E-state index >= 15 is 0 Å². The van der Waals surface area contributed by atoms with Gasteiger partial charge >= 0.3 is 0 Å². The third-order valence-corrected chi connectivity index (χ3v) is 7.98. The van der Waals surface area contributed by atoms with Crippen LogP contribution in [0.15, 0.2) is 64.0 Å². The third kappa shape index (κ3) is 3.79. The van der Waals surface area contributed by atoms with Gasteiger partial charge in [0.1, 0.15) is 0 Å². The number of rotatable bonds is 4. The Hall–Kier alpha value is -1.23. The Kier molecular flexibility index (Phi) is 5.53. The molecule has 0 spiro atoms. The van der Waals surface area contributed by atoms with Gasteiger partial charge in [0.15, 0.2) is 0 Å². The van der Waals surface area contributed by atoms with Crippen molar-refractivity contribution in [2.75, 3.05) is 5.32 Å². The van der Waals surface area contributed by atoms with Gasteiger partial charge in [-0.05, 0) is 78.6 Å². The van der Waals surface area contributed by atoms with E-state index in [9.17, 15) is 0 Å².